The average molecular weight is 628 g/mol. The molecule has 2 heterocycles. The zero-order valence-corrected chi connectivity index (χ0v) is 27.9. The molecule has 1 saturated heterocycles. The molecule has 0 bridgehead atoms. The Hall–Kier alpha value is -3.41. The highest BCUT2D eigenvalue weighted by molar-refractivity contribution is 6.74. The summed E-state index contributed by atoms with van der Waals surface area (Å²) in [5.41, 5.74) is 1.32. The van der Waals surface area contributed by atoms with Gasteiger partial charge in [0, 0.05) is 29.6 Å². The number of hydrogen-bond acceptors (Lipinski definition) is 6. The Morgan fingerprint density at radius 2 is 1.80 bits per heavy atom. The number of hydrogen-bond donors (Lipinski definition) is 3. The fourth-order valence-electron chi connectivity index (χ4n) is 5.27. The minimum absolute atomic E-state index is 0.0196. The van der Waals surface area contributed by atoms with Crippen LogP contribution in [-0.2, 0) is 20.5 Å². The SMILES string of the molecule is CC(C)(C)OC(=O)N1C[C@@H](O[Si](C)(C)C(C)(C)C)[C@H](O)[C@H]1[C@@H](CNC(=O)OCc1ccccc1)c1c[nH]c2cc(F)ccc12. The molecule has 1 aliphatic rings. The van der Waals surface area contributed by atoms with E-state index < -0.39 is 56.1 Å². The van der Waals surface area contributed by atoms with Gasteiger partial charge in [0.15, 0.2) is 8.32 Å². The van der Waals surface area contributed by atoms with Crippen molar-refractivity contribution in [1.82, 2.24) is 15.2 Å². The van der Waals surface area contributed by atoms with Crippen molar-refractivity contribution in [1.29, 1.82) is 0 Å². The molecule has 3 N–H and O–H groups in total. The Morgan fingerprint density at radius 3 is 2.43 bits per heavy atom. The van der Waals surface area contributed by atoms with Gasteiger partial charge in [-0.15, -0.1) is 0 Å². The summed E-state index contributed by atoms with van der Waals surface area (Å²) >= 11 is 0. The van der Waals surface area contributed by atoms with Gasteiger partial charge in [-0.05, 0) is 68.2 Å². The lowest BCUT2D eigenvalue weighted by atomic mass is 9.87. The van der Waals surface area contributed by atoms with E-state index in [1.54, 1.807) is 33.0 Å². The molecule has 240 valence electrons. The summed E-state index contributed by atoms with van der Waals surface area (Å²) in [4.78, 5) is 31.2. The number of halogens is 1. The summed E-state index contributed by atoms with van der Waals surface area (Å²) < 4.78 is 32.0. The van der Waals surface area contributed by atoms with E-state index in [9.17, 15) is 19.1 Å². The Kier molecular flexibility index (Phi) is 9.82. The van der Waals surface area contributed by atoms with Gasteiger partial charge in [0.2, 0.25) is 0 Å². The molecule has 9 nitrogen and oxygen atoms in total. The van der Waals surface area contributed by atoms with E-state index in [-0.39, 0.29) is 24.7 Å². The van der Waals surface area contributed by atoms with Crippen molar-refractivity contribution in [3.05, 3.63) is 71.7 Å². The number of H-pyrrole nitrogens is 1. The Morgan fingerprint density at radius 1 is 1.11 bits per heavy atom. The molecule has 0 radical (unpaired) electrons. The first-order valence-electron chi connectivity index (χ1n) is 15.0. The topological polar surface area (TPSA) is 113 Å². The van der Waals surface area contributed by atoms with Crippen LogP contribution in [-0.4, -0.2) is 72.4 Å². The van der Waals surface area contributed by atoms with Crippen LogP contribution in [0.2, 0.25) is 18.1 Å². The third-order valence-electron chi connectivity index (χ3n) is 8.51. The minimum Gasteiger partial charge on any atom is -0.445 e. The highest BCUT2D eigenvalue weighted by Gasteiger charge is 2.52. The molecule has 1 fully saturated rings. The van der Waals surface area contributed by atoms with E-state index in [0.29, 0.717) is 16.5 Å². The third kappa shape index (κ3) is 7.80. The summed E-state index contributed by atoms with van der Waals surface area (Å²) in [7, 11) is -2.36. The van der Waals surface area contributed by atoms with E-state index in [0.717, 1.165) is 5.56 Å². The summed E-state index contributed by atoms with van der Waals surface area (Å²) in [6.07, 6.45) is -1.29. The fourth-order valence-corrected chi connectivity index (χ4v) is 6.60. The third-order valence-corrected chi connectivity index (χ3v) is 13.0. The zero-order chi connectivity index (χ0) is 32.4. The maximum Gasteiger partial charge on any atom is 0.410 e. The number of aliphatic hydroxyl groups excluding tert-OH is 1. The van der Waals surface area contributed by atoms with Crippen molar-refractivity contribution >= 4 is 31.4 Å². The Balaban J connectivity index is 1.70. The molecule has 0 unspecified atom stereocenters. The first-order chi connectivity index (χ1) is 20.5. The number of ether oxygens (including phenoxy) is 2. The van der Waals surface area contributed by atoms with E-state index in [1.807, 2.05) is 30.3 Å². The summed E-state index contributed by atoms with van der Waals surface area (Å²) in [6, 6.07) is 12.9. The number of aromatic nitrogens is 1. The van der Waals surface area contributed by atoms with E-state index >= 15 is 0 Å². The largest absolute Gasteiger partial charge is 0.445 e. The maximum absolute atomic E-state index is 14.1. The van der Waals surface area contributed by atoms with Crippen molar-refractivity contribution in [2.45, 2.75) is 96.1 Å². The molecule has 0 spiro atoms. The predicted molar refractivity (Wildman–Crippen MR) is 170 cm³/mol. The molecule has 2 amide bonds. The molecule has 0 saturated carbocycles. The number of rotatable bonds is 8. The second-order valence-electron chi connectivity index (χ2n) is 14.0. The maximum atomic E-state index is 14.1. The zero-order valence-electron chi connectivity index (χ0n) is 26.9. The first-order valence-corrected chi connectivity index (χ1v) is 17.9. The van der Waals surface area contributed by atoms with Gasteiger partial charge < -0.3 is 29.3 Å². The highest BCUT2D eigenvalue weighted by Crippen LogP contribution is 2.42. The van der Waals surface area contributed by atoms with Crippen molar-refractivity contribution in [3.63, 3.8) is 0 Å². The van der Waals surface area contributed by atoms with Crippen LogP contribution in [0, 0.1) is 5.82 Å². The molecule has 11 heteroatoms. The number of nitrogens with zero attached hydrogens (tertiary/aromatic N) is 1. The number of fused-ring (bicyclic) bond motifs is 1. The van der Waals surface area contributed by atoms with Gasteiger partial charge in [0.25, 0.3) is 0 Å². The highest BCUT2D eigenvalue weighted by atomic mass is 28.4. The van der Waals surface area contributed by atoms with Gasteiger partial charge in [-0.1, -0.05) is 51.1 Å². The van der Waals surface area contributed by atoms with Crippen molar-refractivity contribution in [3.8, 4) is 0 Å². The standard InChI is InChI=1S/C33H46FN3O6Si/c1-32(2,3)42-31(40)37-19-27(43-44(7,8)33(4,5)6)29(38)28(37)25(24-17-35-26-16-22(34)14-15-23(24)26)18-36-30(39)41-20-21-12-10-9-11-13-21/h9-17,25,27-29,35,38H,18-20H2,1-8H3,(H,36,39)/t25-,27+,28+,29-/m0/s1. The van der Waals surface area contributed by atoms with Gasteiger partial charge >= 0.3 is 12.2 Å². The monoisotopic (exact) mass is 627 g/mol. The quantitative estimate of drug-likeness (QED) is 0.240. The number of carbonyl (C=O) groups is 2. The fraction of sp³-hybridized carbons (Fsp3) is 0.515. The van der Waals surface area contributed by atoms with Crippen LogP contribution in [0.4, 0.5) is 14.0 Å². The van der Waals surface area contributed by atoms with E-state index in [4.69, 9.17) is 13.9 Å². The number of alkyl carbamates (subject to hydrolysis) is 1. The van der Waals surface area contributed by atoms with Crippen LogP contribution in [0.5, 0.6) is 0 Å². The van der Waals surface area contributed by atoms with Crippen molar-refractivity contribution in [2.24, 2.45) is 0 Å². The van der Waals surface area contributed by atoms with Crippen molar-refractivity contribution < 1.29 is 33.0 Å². The first kappa shape index (κ1) is 33.5. The molecule has 3 aromatic rings. The lowest BCUT2D eigenvalue weighted by Gasteiger charge is -2.39. The second kappa shape index (κ2) is 12.9. The molecule has 1 aromatic heterocycles. The molecule has 1 aliphatic heterocycles. The summed E-state index contributed by atoms with van der Waals surface area (Å²) in [5.74, 6) is -1.03. The lowest BCUT2D eigenvalue weighted by molar-refractivity contribution is 0.00929. The van der Waals surface area contributed by atoms with Gasteiger partial charge in [0.05, 0.1) is 18.7 Å². The minimum atomic E-state index is -2.36. The van der Waals surface area contributed by atoms with Crippen LogP contribution in [0.15, 0.2) is 54.7 Å². The van der Waals surface area contributed by atoms with Crippen LogP contribution < -0.4 is 5.32 Å². The second-order valence-corrected chi connectivity index (χ2v) is 18.8. The predicted octanol–water partition coefficient (Wildman–Crippen LogP) is 6.69. The normalized spacial score (nSPS) is 20.0. The van der Waals surface area contributed by atoms with Crippen LogP contribution >= 0.6 is 0 Å². The van der Waals surface area contributed by atoms with Crippen LogP contribution in [0.25, 0.3) is 10.9 Å². The number of benzene rings is 2. The molecule has 4 rings (SSSR count). The Labute approximate surface area is 260 Å². The van der Waals surface area contributed by atoms with Gasteiger partial charge in [-0.2, -0.15) is 0 Å². The summed E-state index contributed by atoms with van der Waals surface area (Å²) in [5, 5.41) is 15.3. The van der Waals surface area contributed by atoms with Gasteiger partial charge in [-0.25, -0.2) is 14.0 Å². The van der Waals surface area contributed by atoms with Crippen molar-refractivity contribution in [2.75, 3.05) is 13.1 Å². The van der Waals surface area contributed by atoms with Crippen LogP contribution in [0.1, 0.15) is 58.6 Å². The van der Waals surface area contributed by atoms with Gasteiger partial charge in [-0.3, -0.25) is 4.90 Å². The number of amides is 2. The Bertz CT molecular complexity index is 1450. The number of carbonyl (C=O) groups excluding carboxylic acids is 2. The van der Waals surface area contributed by atoms with Crippen LogP contribution in [0.3, 0.4) is 0 Å². The molecule has 2 aromatic carbocycles. The molecular weight excluding hydrogens is 581 g/mol. The number of nitrogens with one attached hydrogen (secondary N) is 2. The smallest absolute Gasteiger partial charge is 0.410 e. The molecule has 0 aliphatic carbocycles. The van der Waals surface area contributed by atoms with E-state index in [1.165, 1.54) is 17.0 Å². The number of aromatic amines is 1. The molecule has 4 atom stereocenters. The number of likely N-dealkylation sites (tertiary alicyclic amines) is 1. The van der Waals surface area contributed by atoms with E-state index in [2.05, 4.69) is 44.2 Å². The number of aliphatic hydroxyl groups is 1. The molecule has 44 heavy (non-hydrogen) atoms. The summed E-state index contributed by atoms with van der Waals surface area (Å²) in [6.45, 7) is 16.1. The lowest BCUT2D eigenvalue weighted by Crippen LogP contribution is -2.49. The average Bonchev–Trinajstić information content (AvgIpc) is 3.47. The van der Waals surface area contributed by atoms with Gasteiger partial charge in [0.1, 0.15) is 24.1 Å². The molecular formula is C33H46FN3O6Si.